The zero-order valence-electron chi connectivity index (χ0n) is 22.1. The van der Waals surface area contributed by atoms with Gasteiger partial charge in [0.25, 0.3) is 5.91 Å². The molecular weight excluding hydrogens is 484 g/mol. The molecule has 2 aliphatic rings. The molecule has 9 heteroatoms. The highest BCUT2D eigenvalue weighted by atomic mass is 16.5. The summed E-state index contributed by atoms with van der Waals surface area (Å²) in [6.07, 6.45) is 3.41. The number of amides is 2. The van der Waals surface area contributed by atoms with Crippen LogP contribution in [0.1, 0.15) is 33.4 Å². The van der Waals surface area contributed by atoms with Crippen LogP contribution >= 0.6 is 0 Å². The van der Waals surface area contributed by atoms with Crippen LogP contribution in [0.4, 0.5) is 5.69 Å². The number of aromatic nitrogens is 1. The molecule has 2 aromatic carbocycles. The van der Waals surface area contributed by atoms with Gasteiger partial charge in [0.1, 0.15) is 5.75 Å². The minimum Gasteiger partial charge on any atom is -0.497 e. The number of ether oxygens (including phenoxy) is 3. The number of methoxy groups -OCH3 is 3. The number of fused-ring (bicyclic) bond motifs is 1. The average Bonchev–Trinajstić information content (AvgIpc) is 2.98. The first-order valence-electron chi connectivity index (χ1n) is 12.6. The molecule has 0 spiro atoms. The van der Waals surface area contributed by atoms with Gasteiger partial charge in [-0.25, -0.2) is 0 Å². The van der Waals surface area contributed by atoms with E-state index in [-0.39, 0.29) is 11.8 Å². The summed E-state index contributed by atoms with van der Waals surface area (Å²) >= 11 is 0. The Labute approximate surface area is 222 Å². The van der Waals surface area contributed by atoms with Gasteiger partial charge in [0.15, 0.2) is 11.5 Å². The number of pyridine rings is 1. The fraction of sp³-hybridized carbons (Fsp3) is 0.345. The quantitative estimate of drug-likeness (QED) is 0.497. The molecule has 0 aliphatic carbocycles. The zero-order chi connectivity index (χ0) is 26.8. The Morgan fingerprint density at radius 1 is 0.921 bits per heavy atom. The van der Waals surface area contributed by atoms with E-state index in [2.05, 4.69) is 9.88 Å². The molecule has 2 atom stereocenters. The first-order valence-corrected chi connectivity index (χ1v) is 12.6. The highest BCUT2D eigenvalue weighted by Gasteiger charge is 2.45. The van der Waals surface area contributed by atoms with E-state index in [1.54, 1.807) is 50.7 Å². The molecule has 2 aliphatic heterocycles. The Bertz CT molecular complexity index is 1310. The summed E-state index contributed by atoms with van der Waals surface area (Å²) < 4.78 is 16.3. The Balaban J connectivity index is 1.49. The van der Waals surface area contributed by atoms with Crippen LogP contribution < -0.4 is 19.1 Å². The SMILES string of the molecule is COc1ccc(N2CCN(C(=O)[C@@H]3c4cc(OC)c(OC)cc4C(=O)N(C)[C@H]3c3cccnc3)CC2)cc1. The third kappa shape index (κ3) is 4.49. The molecule has 1 fully saturated rings. The smallest absolute Gasteiger partial charge is 0.254 e. The first-order chi connectivity index (χ1) is 18.5. The summed E-state index contributed by atoms with van der Waals surface area (Å²) in [6.45, 7) is 2.55. The molecule has 0 N–H and O–H groups in total. The van der Waals surface area contributed by atoms with Crippen LogP contribution in [0.25, 0.3) is 0 Å². The fourth-order valence-corrected chi connectivity index (χ4v) is 5.46. The number of nitrogens with zero attached hydrogens (tertiary/aromatic N) is 4. The highest BCUT2D eigenvalue weighted by molar-refractivity contribution is 6.02. The van der Waals surface area contributed by atoms with Crippen molar-refractivity contribution in [3.05, 3.63) is 77.6 Å². The van der Waals surface area contributed by atoms with Crippen molar-refractivity contribution >= 4 is 17.5 Å². The molecule has 9 nitrogen and oxygen atoms in total. The second kappa shape index (κ2) is 10.6. The van der Waals surface area contributed by atoms with Crippen molar-refractivity contribution in [2.45, 2.75) is 12.0 Å². The topological polar surface area (TPSA) is 84.4 Å². The molecular formula is C29H32N4O5. The van der Waals surface area contributed by atoms with Crippen LogP contribution in [-0.2, 0) is 4.79 Å². The second-order valence-electron chi connectivity index (χ2n) is 9.43. The van der Waals surface area contributed by atoms with Gasteiger partial charge in [0, 0.05) is 56.9 Å². The van der Waals surface area contributed by atoms with Gasteiger partial charge in [0.05, 0.1) is 33.3 Å². The Kier molecular flexibility index (Phi) is 7.09. The predicted octanol–water partition coefficient (Wildman–Crippen LogP) is 3.37. The molecule has 0 bridgehead atoms. The van der Waals surface area contributed by atoms with E-state index in [9.17, 15) is 9.59 Å². The van der Waals surface area contributed by atoms with E-state index >= 15 is 0 Å². The predicted molar refractivity (Wildman–Crippen MR) is 143 cm³/mol. The van der Waals surface area contributed by atoms with Crippen molar-refractivity contribution in [2.75, 3.05) is 59.5 Å². The van der Waals surface area contributed by atoms with E-state index in [1.807, 2.05) is 41.3 Å². The molecule has 3 aromatic rings. The van der Waals surface area contributed by atoms with Crippen molar-refractivity contribution in [1.82, 2.24) is 14.8 Å². The zero-order valence-corrected chi connectivity index (χ0v) is 22.1. The number of carbonyl (C=O) groups excluding carboxylic acids is 2. The third-order valence-electron chi connectivity index (χ3n) is 7.50. The van der Waals surface area contributed by atoms with Gasteiger partial charge in [-0.1, -0.05) is 6.07 Å². The highest BCUT2D eigenvalue weighted by Crippen LogP contribution is 2.46. The van der Waals surface area contributed by atoms with Gasteiger partial charge in [-0.15, -0.1) is 0 Å². The summed E-state index contributed by atoms with van der Waals surface area (Å²) in [5, 5.41) is 0. The number of likely N-dealkylation sites (N-methyl/N-ethyl adjacent to an activating group) is 1. The molecule has 0 saturated carbocycles. The van der Waals surface area contributed by atoms with E-state index in [0.29, 0.717) is 48.8 Å². The lowest BCUT2D eigenvalue weighted by Crippen LogP contribution is -2.53. The van der Waals surface area contributed by atoms with Crippen molar-refractivity contribution < 1.29 is 23.8 Å². The molecule has 5 rings (SSSR count). The Morgan fingerprint density at radius 2 is 1.61 bits per heavy atom. The molecule has 1 saturated heterocycles. The van der Waals surface area contributed by atoms with E-state index < -0.39 is 12.0 Å². The van der Waals surface area contributed by atoms with Crippen molar-refractivity contribution in [2.24, 2.45) is 0 Å². The summed E-state index contributed by atoms with van der Waals surface area (Å²) in [6, 6.07) is 14.6. The lowest BCUT2D eigenvalue weighted by atomic mass is 9.79. The van der Waals surface area contributed by atoms with Crippen LogP contribution in [0.15, 0.2) is 60.9 Å². The fourth-order valence-electron chi connectivity index (χ4n) is 5.46. The lowest BCUT2D eigenvalue weighted by Gasteiger charge is -2.43. The molecule has 2 amide bonds. The van der Waals surface area contributed by atoms with Gasteiger partial charge in [-0.2, -0.15) is 0 Å². The van der Waals surface area contributed by atoms with Crippen LogP contribution in [0.2, 0.25) is 0 Å². The maximum absolute atomic E-state index is 14.3. The number of benzene rings is 2. The van der Waals surface area contributed by atoms with E-state index in [4.69, 9.17) is 14.2 Å². The number of rotatable bonds is 6. The number of hydrogen-bond acceptors (Lipinski definition) is 7. The normalized spacial score (nSPS) is 19.2. The molecule has 0 radical (unpaired) electrons. The molecule has 198 valence electrons. The monoisotopic (exact) mass is 516 g/mol. The van der Waals surface area contributed by atoms with Crippen LogP contribution in [0.3, 0.4) is 0 Å². The van der Waals surface area contributed by atoms with Crippen molar-refractivity contribution in [1.29, 1.82) is 0 Å². The Hall–Kier alpha value is -4.27. The summed E-state index contributed by atoms with van der Waals surface area (Å²) in [7, 11) is 6.47. The molecule has 3 heterocycles. The van der Waals surface area contributed by atoms with Crippen LogP contribution in [0, 0.1) is 0 Å². The maximum atomic E-state index is 14.3. The van der Waals surface area contributed by atoms with Gasteiger partial charge in [-0.3, -0.25) is 14.6 Å². The first kappa shape index (κ1) is 25.4. The number of piperazine rings is 1. The van der Waals surface area contributed by atoms with Gasteiger partial charge < -0.3 is 28.9 Å². The standard InChI is InChI=1S/C29H32N4O5/c1-31-27(19-6-5-11-30-18-19)26(22-16-24(37-3)25(38-4)17-23(22)28(31)34)29(35)33-14-12-32(13-15-33)20-7-9-21(36-2)10-8-20/h5-11,16-18,26-27H,12-15H2,1-4H3/t26-,27+/m1/s1. The van der Waals surface area contributed by atoms with Crippen LogP contribution in [0.5, 0.6) is 17.2 Å². The van der Waals surface area contributed by atoms with Gasteiger partial charge >= 0.3 is 0 Å². The number of anilines is 1. The number of carbonyl (C=O) groups is 2. The van der Waals surface area contributed by atoms with Crippen molar-refractivity contribution in [3.63, 3.8) is 0 Å². The second-order valence-corrected chi connectivity index (χ2v) is 9.43. The maximum Gasteiger partial charge on any atom is 0.254 e. The minimum atomic E-state index is -0.621. The molecule has 1 aromatic heterocycles. The molecule has 38 heavy (non-hydrogen) atoms. The van der Waals surface area contributed by atoms with Crippen molar-refractivity contribution in [3.8, 4) is 17.2 Å². The summed E-state index contributed by atoms with van der Waals surface area (Å²) in [5.74, 6) is 0.918. The third-order valence-corrected chi connectivity index (χ3v) is 7.50. The largest absolute Gasteiger partial charge is 0.497 e. The average molecular weight is 517 g/mol. The van der Waals surface area contributed by atoms with Crippen LogP contribution in [-0.4, -0.2) is 81.2 Å². The van der Waals surface area contributed by atoms with E-state index in [0.717, 1.165) is 17.0 Å². The summed E-state index contributed by atoms with van der Waals surface area (Å²) in [5.41, 5.74) is 2.98. The lowest BCUT2D eigenvalue weighted by molar-refractivity contribution is -0.134. The van der Waals surface area contributed by atoms with Gasteiger partial charge in [-0.05, 0) is 53.6 Å². The number of hydrogen-bond donors (Lipinski definition) is 0. The Morgan fingerprint density at radius 3 is 2.21 bits per heavy atom. The van der Waals surface area contributed by atoms with Gasteiger partial charge in [0.2, 0.25) is 5.91 Å². The summed E-state index contributed by atoms with van der Waals surface area (Å²) in [4.78, 5) is 37.9. The van der Waals surface area contributed by atoms with E-state index in [1.165, 1.54) is 7.11 Å². The molecule has 0 unspecified atom stereocenters. The minimum absolute atomic E-state index is 0.0268.